The monoisotopic (exact) mass is 715 g/mol. The molecule has 0 bridgehead atoms. The zero-order valence-corrected chi connectivity index (χ0v) is 35.2. The first kappa shape index (κ1) is 42.0. The zero-order valence-electron chi connectivity index (χ0n) is 35.2. The van der Waals surface area contributed by atoms with Crippen LogP contribution < -0.4 is 10.6 Å². The fourth-order valence-electron chi connectivity index (χ4n) is 11.1. The highest BCUT2D eigenvalue weighted by Gasteiger charge is 2.64. The van der Waals surface area contributed by atoms with Crippen LogP contribution in [0.1, 0.15) is 173 Å². The van der Waals surface area contributed by atoms with Crippen LogP contribution >= 0.6 is 0 Å². The molecule has 4 aliphatic rings. The van der Waals surface area contributed by atoms with E-state index in [4.69, 9.17) is 14.2 Å². The normalized spacial score (nSPS) is 33.0. The number of amides is 2. The van der Waals surface area contributed by atoms with Crippen molar-refractivity contribution in [1.29, 1.82) is 0 Å². The van der Waals surface area contributed by atoms with Gasteiger partial charge in [-0.3, -0.25) is 0 Å². The van der Waals surface area contributed by atoms with Gasteiger partial charge in [0, 0.05) is 25.1 Å². The Morgan fingerprint density at radius 3 is 2.22 bits per heavy atom. The summed E-state index contributed by atoms with van der Waals surface area (Å²) >= 11 is 0. The molecule has 4 rings (SSSR count). The van der Waals surface area contributed by atoms with E-state index < -0.39 is 22.8 Å². The van der Waals surface area contributed by atoms with E-state index in [0.29, 0.717) is 36.8 Å². The molecular formula is C44H78N2O5. The lowest BCUT2D eigenvalue weighted by atomic mass is 9.42. The van der Waals surface area contributed by atoms with Crippen LogP contribution in [0.5, 0.6) is 0 Å². The highest BCUT2D eigenvalue weighted by molar-refractivity contribution is 5.68. The molecule has 3 saturated carbocycles. The maximum Gasteiger partial charge on any atom is 0.408 e. The Kier molecular flexibility index (Phi) is 13.1. The van der Waals surface area contributed by atoms with E-state index in [1.807, 2.05) is 48.5 Å². The molecule has 0 unspecified atom stereocenters. The van der Waals surface area contributed by atoms with Crippen molar-refractivity contribution in [1.82, 2.24) is 10.6 Å². The minimum absolute atomic E-state index is 0.0585. The van der Waals surface area contributed by atoms with Crippen LogP contribution in [-0.4, -0.2) is 48.2 Å². The van der Waals surface area contributed by atoms with Gasteiger partial charge in [0.25, 0.3) is 0 Å². The summed E-state index contributed by atoms with van der Waals surface area (Å²) in [6, 6.07) is 0. The minimum Gasteiger partial charge on any atom is -0.446 e. The second-order valence-corrected chi connectivity index (χ2v) is 20.7. The topological polar surface area (TPSA) is 85.9 Å². The molecule has 0 aromatic rings. The standard InChI is InChI=1S/C44H78N2O5/c1-30(2)15-14-16-31(3)34-20-23-44(13)36-18-17-32-29-33(19-22-42(32,11)35(36)21-24-43(34,44)12)50-37(47)45-27-25-41(9,10)49-28-26-40(7,8)46-38(48)51-39(4,5)6/h17,30-31,33-36H,14-16,18-29H2,1-13H3,(H,45,47)(H,46,48)/t31-,33+,34-,35+,36-,42+,43-,44+/m1/s1. The molecule has 8 atom stereocenters. The Balaban J connectivity index is 1.23. The number of allylic oxidation sites excluding steroid dienone is 1. The van der Waals surface area contributed by atoms with Crippen molar-refractivity contribution in [2.45, 2.75) is 196 Å². The van der Waals surface area contributed by atoms with E-state index in [-0.39, 0.29) is 17.6 Å². The summed E-state index contributed by atoms with van der Waals surface area (Å²) in [4.78, 5) is 25.2. The lowest BCUT2D eigenvalue weighted by molar-refractivity contribution is -0.114. The average molecular weight is 715 g/mol. The summed E-state index contributed by atoms with van der Waals surface area (Å²) in [6.45, 7) is 29.7. The molecule has 0 aromatic carbocycles. The van der Waals surface area contributed by atoms with Crippen molar-refractivity contribution in [3.05, 3.63) is 11.6 Å². The van der Waals surface area contributed by atoms with Gasteiger partial charge in [-0.1, -0.05) is 72.5 Å². The van der Waals surface area contributed by atoms with Crippen LogP contribution in [0.15, 0.2) is 11.6 Å². The van der Waals surface area contributed by atoms with E-state index >= 15 is 0 Å². The van der Waals surface area contributed by atoms with Crippen molar-refractivity contribution >= 4 is 12.2 Å². The molecule has 0 radical (unpaired) electrons. The molecule has 2 amide bonds. The SMILES string of the molecule is CC(C)CCC[C@@H](C)[C@H]1CC[C@@]2(C)[C@@H]3CC=C4C[C@@H](OC(=O)NCCC(C)(C)OCCC(C)(C)NC(=O)OC(C)(C)C)CC[C@]4(C)[C@H]3CC[C@]12C. The molecular weight excluding hydrogens is 636 g/mol. The molecule has 0 aliphatic heterocycles. The highest BCUT2D eigenvalue weighted by Crippen LogP contribution is 2.72. The van der Waals surface area contributed by atoms with Gasteiger partial charge in [-0.15, -0.1) is 0 Å². The van der Waals surface area contributed by atoms with E-state index in [2.05, 4.69) is 58.3 Å². The zero-order chi connectivity index (χ0) is 38.0. The largest absolute Gasteiger partial charge is 0.446 e. The predicted octanol–water partition coefficient (Wildman–Crippen LogP) is 11.4. The molecule has 2 N–H and O–H groups in total. The molecule has 7 heteroatoms. The quantitative estimate of drug-likeness (QED) is 0.175. The van der Waals surface area contributed by atoms with E-state index in [1.165, 1.54) is 51.4 Å². The number of carbonyl (C=O) groups excluding carboxylic acids is 2. The Morgan fingerprint density at radius 2 is 1.55 bits per heavy atom. The third-order valence-electron chi connectivity index (χ3n) is 14.4. The summed E-state index contributed by atoms with van der Waals surface area (Å²) in [7, 11) is 0. The third-order valence-corrected chi connectivity index (χ3v) is 14.4. The van der Waals surface area contributed by atoms with Crippen molar-refractivity contribution < 1.29 is 23.8 Å². The van der Waals surface area contributed by atoms with Crippen LogP contribution in [0.3, 0.4) is 0 Å². The van der Waals surface area contributed by atoms with Crippen molar-refractivity contribution in [2.24, 2.45) is 45.8 Å². The summed E-state index contributed by atoms with van der Waals surface area (Å²) in [5, 5.41) is 5.93. The van der Waals surface area contributed by atoms with Crippen LogP contribution in [0.4, 0.5) is 9.59 Å². The number of hydrogen-bond acceptors (Lipinski definition) is 5. The van der Waals surface area contributed by atoms with Gasteiger partial charge in [0.2, 0.25) is 0 Å². The number of hydrogen-bond donors (Lipinski definition) is 2. The minimum atomic E-state index is -0.539. The van der Waals surface area contributed by atoms with E-state index in [1.54, 1.807) is 5.57 Å². The van der Waals surface area contributed by atoms with Gasteiger partial charge in [0.15, 0.2) is 0 Å². The number of fused-ring (bicyclic) bond motifs is 5. The van der Waals surface area contributed by atoms with Gasteiger partial charge < -0.3 is 24.8 Å². The van der Waals surface area contributed by atoms with Crippen LogP contribution in [0, 0.1) is 45.8 Å². The Labute approximate surface area is 312 Å². The maximum absolute atomic E-state index is 13.0. The van der Waals surface area contributed by atoms with Crippen molar-refractivity contribution in [3.8, 4) is 0 Å². The third kappa shape index (κ3) is 10.1. The smallest absolute Gasteiger partial charge is 0.408 e. The molecule has 51 heavy (non-hydrogen) atoms. The summed E-state index contributed by atoms with van der Waals surface area (Å²) in [5.74, 6) is 3.98. The first-order chi connectivity index (χ1) is 23.5. The highest BCUT2D eigenvalue weighted by atomic mass is 16.6. The number of ether oxygens (including phenoxy) is 3. The Morgan fingerprint density at radius 1 is 0.863 bits per heavy atom. The van der Waals surface area contributed by atoms with Gasteiger partial charge in [0.1, 0.15) is 11.7 Å². The first-order valence-corrected chi connectivity index (χ1v) is 20.8. The maximum atomic E-state index is 13.0. The van der Waals surface area contributed by atoms with Crippen molar-refractivity contribution in [3.63, 3.8) is 0 Å². The molecule has 0 heterocycles. The van der Waals surface area contributed by atoms with Crippen LogP contribution in [0.25, 0.3) is 0 Å². The molecule has 3 fully saturated rings. The molecule has 0 aromatic heterocycles. The number of carbonyl (C=O) groups is 2. The second-order valence-electron chi connectivity index (χ2n) is 20.7. The fraction of sp³-hybridized carbons (Fsp3) is 0.909. The van der Waals surface area contributed by atoms with E-state index in [9.17, 15) is 9.59 Å². The molecule has 0 saturated heterocycles. The van der Waals surface area contributed by atoms with Gasteiger partial charge in [-0.25, -0.2) is 9.59 Å². The molecule has 0 spiro atoms. The fourth-order valence-corrected chi connectivity index (χ4v) is 11.1. The second kappa shape index (κ2) is 15.9. The first-order valence-electron chi connectivity index (χ1n) is 20.8. The molecule has 7 nitrogen and oxygen atoms in total. The summed E-state index contributed by atoms with van der Waals surface area (Å²) < 4.78 is 17.6. The van der Waals surface area contributed by atoms with Crippen LogP contribution in [0.2, 0.25) is 0 Å². The molecule has 294 valence electrons. The average Bonchev–Trinajstić information content (AvgIpc) is 3.26. The molecule has 4 aliphatic carbocycles. The van der Waals surface area contributed by atoms with Crippen molar-refractivity contribution in [2.75, 3.05) is 13.2 Å². The van der Waals surface area contributed by atoms with Gasteiger partial charge >= 0.3 is 12.2 Å². The number of alkyl carbamates (subject to hydrolysis) is 2. The predicted molar refractivity (Wildman–Crippen MR) is 209 cm³/mol. The lowest BCUT2D eigenvalue weighted by Crippen LogP contribution is -2.55. The van der Waals surface area contributed by atoms with Crippen LogP contribution in [-0.2, 0) is 14.2 Å². The van der Waals surface area contributed by atoms with Gasteiger partial charge in [-0.05, 0) is 152 Å². The summed E-state index contributed by atoms with van der Waals surface area (Å²) in [6.07, 6.45) is 16.8. The van der Waals surface area contributed by atoms with E-state index in [0.717, 1.165) is 48.9 Å². The summed E-state index contributed by atoms with van der Waals surface area (Å²) in [5.41, 5.74) is 1.20. The lowest BCUT2D eigenvalue weighted by Gasteiger charge is -2.63. The Hall–Kier alpha value is -1.76. The van der Waals surface area contributed by atoms with Gasteiger partial charge in [0.05, 0.1) is 5.60 Å². The Bertz CT molecular complexity index is 1230. The van der Waals surface area contributed by atoms with Gasteiger partial charge in [-0.2, -0.15) is 0 Å². The number of rotatable bonds is 14. The number of nitrogens with one attached hydrogen (secondary N) is 2.